The number of aryl methyl sites for hydroxylation is 1. The Hall–Kier alpha value is -2.01. The number of amides is 1. The summed E-state index contributed by atoms with van der Waals surface area (Å²) in [5.74, 6) is 1.07. The zero-order chi connectivity index (χ0) is 15.9. The molecule has 22 heavy (non-hydrogen) atoms. The number of carbonyl (C=O) groups excluding carboxylic acids is 1. The summed E-state index contributed by atoms with van der Waals surface area (Å²) in [5.41, 5.74) is 2.58. The zero-order valence-corrected chi connectivity index (χ0v) is 13.4. The van der Waals surface area contributed by atoms with Gasteiger partial charge in [0.25, 0.3) is 0 Å². The van der Waals surface area contributed by atoms with E-state index in [1.165, 1.54) is 23.9 Å². The van der Waals surface area contributed by atoms with E-state index in [9.17, 15) is 9.18 Å². The van der Waals surface area contributed by atoms with Gasteiger partial charge in [0.2, 0.25) is 5.91 Å². The van der Waals surface area contributed by atoms with Crippen molar-refractivity contribution in [3.8, 4) is 5.75 Å². The first-order valence-electron chi connectivity index (χ1n) is 6.86. The molecule has 2 aromatic carbocycles. The third-order valence-electron chi connectivity index (χ3n) is 3.15. The van der Waals surface area contributed by atoms with Gasteiger partial charge in [-0.25, -0.2) is 4.39 Å². The van der Waals surface area contributed by atoms with Crippen LogP contribution in [0.4, 0.5) is 10.1 Å². The second kappa shape index (κ2) is 7.84. The van der Waals surface area contributed by atoms with Gasteiger partial charge in [0.1, 0.15) is 11.6 Å². The first-order chi connectivity index (χ1) is 10.6. The molecule has 1 amide bonds. The Kier molecular flexibility index (Phi) is 5.83. The Bertz CT molecular complexity index is 661. The van der Waals surface area contributed by atoms with E-state index in [1.807, 2.05) is 31.2 Å². The summed E-state index contributed by atoms with van der Waals surface area (Å²) in [6.45, 7) is 1.94. The molecule has 116 valence electrons. The molecule has 0 saturated heterocycles. The highest BCUT2D eigenvalue weighted by molar-refractivity contribution is 7.99. The van der Waals surface area contributed by atoms with Crippen molar-refractivity contribution in [3.63, 3.8) is 0 Å². The molecule has 0 spiro atoms. The molecule has 0 atom stereocenters. The summed E-state index contributed by atoms with van der Waals surface area (Å²) in [6, 6.07) is 12.0. The lowest BCUT2D eigenvalue weighted by molar-refractivity contribution is -0.113. The van der Waals surface area contributed by atoms with E-state index in [0.29, 0.717) is 17.3 Å². The molecule has 0 aliphatic carbocycles. The zero-order valence-electron chi connectivity index (χ0n) is 12.6. The van der Waals surface area contributed by atoms with E-state index in [0.717, 1.165) is 16.8 Å². The number of benzene rings is 2. The molecule has 2 rings (SSSR count). The average Bonchev–Trinajstić information content (AvgIpc) is 2.50. The van der Waals surface area contributed by atoms with Crippen LogP contribution >= 0.6 is 11.8 Å². The molecule has 0 fully saturated rings. The van der Waals surface area contributed by atoms with Gasteiger partial charge in [0.05, 0.1) is 12.9 Å². The number of halogens is 1. The normalized spacial score (nSPS) is 10.3. The van der Waals surface area contributed by atoms with Crippen LogP contribution < -0.4 is 10.1 Å². The van der Waals surface area contributed by atoms with Crippen molar-refractivity contribution in [1.29, 1.82) is 0 Å². The van der Waals surface area contributed by atoms with Crippen molar-refractivity contribution >= 4 is 23.4 Å². The monoisotopic (exact) mass is 319 g/mol. The quantitative estimate of drug-likeness (QED) is 0.874. The molecule has 0 aliphatic heterocycles. The maximum Gasteiger partial charge on any atom is 0.234 e. The first-order valence-corrected chi connectivity index (χ1v) is 8.01. The van der Waals surface area contributed by atoms with Gasteiger partial charge in [0, 0.05) is 17.0 Å². The van der Waals surface area contributed by atoms with Gasteiger partial charge in [-0.1, -0.05) is 18.2 Å². The SMILES string of the molecule is COc1ccc(F)cc1CSCC(=O)Nc1ccccc1C. The fraction of sp³-hybridized carbons (Fsp3) is 0.235. The number of rotatable bonds is 6. The largest absolute Gasteiger partial charge is 0.496 e. The molecular formula is C17H18FNO2S. The molecule has 0 bridgehead atoms. The maximum absolute atomic E-state index is 13.3. The summed E-state index contributed by atoms with van der Waals surface area (Å²) >= 11 is 1.42. The molecule has 0 heterocycles. The number of thioether (sulfide) groups is 1. The topological polar surface area (TPSA) is 38.3 Å². The number of methoxy groups -OCH3 is 1. The van der Waals surface area contributed by atoms with E-state index >= 15 is 0 Å². The van der Waals surface area contributed by atoms with Crippen molar-refractivity contribution in [2.24, 2.45) is 0 Å². The molecule has 0 unspecified atom stereocenters. The lowest BCUT2D eigenvalue weighted by Gasteiger charge is -2.09. The molecule has 0 aliphatic rings. The van der Waals surface area contributed by atoms with Gasteiger partial charge < -0.3 is 10.1 Å². The Labute approximate surface area is 133 Å². The molecule has 0 saturated carbocycles. The fourth-order valence-electron chi connectivity index (χ4n) is 2.01. The summed E-state index contributed by atoms with van der Waals surface area (Å²) in [7, 11) is 1.55. The maximum atomic E-state index is 13.3. The number of para-hydroxylation sites is 1. The predicted molar refractivity (Wildman–Crippen MR) is 88.9 cm³/mol. The highest BCUT2D eigenvalue weighted by Gasteiger charge is 2.08. The lowest BCUT2D eigenvalue weighted by Crippen LogP contribution is -2.14. The van der Waals surface area contributed by atoms with Gasteiger partial charge >= 0.3 is 0 Å². The summed E-state index contributed by atoms with van der Waals surface area (Å²) in [6.07, 6.45) is 0. The lowest BCUT2D eigenvalue weighted by atomic mass is 10.2. The van der Waals surface area contributed by atoms with E-state index in [-0.39, 0.29) is 11.7 Å². The predicted octanol–water partition coefficient (Wildman–Crippen LogP) is 4.01. The molecule has 3 nitrogen and oxygen atoms in total. The van der Waals surface area contributed by atoms with Crippen molar-refractivity contribution in [3.05, 3.63) is 59.4 Å². The van der Waals surface area contributed by atoms with Crippen molar-refractivity contribution in [2.75, 3.05) is 18.2 Å². The molecule has 1 N–H and O–H groups in total. The second-order valence-electron chi connectivity index (χ2n) is 4.81. The van der Waals surface area contributed by atoms with Gasteiger partial charge in [0.15, 0.2) is 0 Å². The highest BCUT2D eigenvalue weighted by Crippen LogP contribution is 2.24. The number of nitrogens with one attached hydrogen (secondary N) is 1. The number of hydrogen-bond acceptors (Lipinski definition) is 3. The highest BCUT2D eigenvalue weighted by atomic mass is 32.2. The van der Waals surface area contributed by atoms with Crippen LogP contribution in [-0.4, -0.2) is 18.8 Å². The van der Waals surface area contributed by atoms with Gasteiger partial charge in [-0.05, 0) is 36.8 Å². The summed E-state index contributed by atoms with van der Waals surface area (Å²) in [4.78, 5) is 11.9. The van der Waals surface area contributed by atoms with Crippen molar-refractivity contribution in [1.82, 2.24) is 0 Å². The van der Waals surface area contributed by atoms with E-state index < -0.39 is 0 Å². The molecule has 0 radical (unpaired) electrons. The fourth-order valence-corrected chi connectivity index (χ4v) is 2.82. The van der Waals surface area contributed by atoms with Crippen LogP contribution in [-0.2, 0) is 10.5 Å². The van der Waals surface area contributed by atoms with Crippen LogP contribution in [0, 0.1) is 12.7 Å². The Morgan fingerprint density at radius 1 is 1.27 bits per heavy atom. The minimum absolute atomic E-state index is 0.0744. The number of carbonyl (C=O) groups is 1. The van der Waals surface area contributed by atoms with Crippen LogP contribution in [0.1, 0.15) is 11.1 Å². The molecular weight excluding hydrogens is 301 g/mol. The van der Waals surface area contributed by atoms with Crippen molar-refractivity contribution < 1.29 is 13.9 Å². The number of hydrogen-bond donors (Lipinski definition) is 1. The summed E-state index contributed by atoms with van der Waals surface area (Å²) in [5, 5.41) is 2.87. The Morgan fingerprint density at radius 2 is 2.05 bits per heavy atom. The Balaban J connectivity index is 1.87. The molecule has 0 aromatic heterocycles. The van der Waals surface area contributed by atoms with Crippen LogP contribution in [0.3, 0.4) is 0 Å². The molecule has 2 aromatic rings. The van der Waals surface area contributed by atoms with E-state index in [2.05, 4.69) is 5.32 Å². The van der Waals surface area contributed by atoms with Crippen LogP contribution in [0.5, 0.6) is 5.75 Å². The number of anilines is 1. The second-order valence-corrected chi connectivity index (χ2v) is 5.80. The van der Waals surface area contributed by atoms with Gasteiger partial charge in [-0.2, -0.15) is 0 Å². The Morgan fingerprint density at radius 3 is 2.77 bits per heavy atom. The van der Waals surface area contributed by atoms with E-state index in [4.69, 9.17) is 4.74 Å². The van der Waals surface area contributed by atoms with Crippen LogP contribution in [0.15, 0.2) is 42.5 Å². The minimum Gasteiger partial charge on any atom is -0.496 e. The number of ether oxygens (including phenoxy) is 1. The minimum atomic E-state index is -0.305. The smallest absolute Gasteiger partial charge is 0.234 e. The van der Waals surface area contributed by atoms with Crippen LogP contribution in [0.25, 0.3) is 0 Å². The third kappa shape index (κ3) is 4.49. The first kappa shape index (κ1) is 16.4. The standard InChI is InChI=1S/C17H18FNO2S/c1-12-5-3-4-6-15(12)19-17(20)11-22-10-13-9-14(18)7-8-16(13)21-2/h3-9H,10-11H2,1-2H3,(H,19,20). The third-order valence-corrected chi connectivity index (χ3v) is 4.13. The summed E-state index contributed by atoms with van der Waals surface area (Å²) < 4.78 is 18.4. The van der Waals surface area contributed by atoms with Gasteiger partial charge in [-0.3, -0.25) is 4.79 Å². The molecule has 5 heteroatoms. The van der Waals surface area contributed by atoms with E-state index in [1.54, 1.807) is 13.2 Å². The van der Waals surface area contributed by atoms with Gasteiger partial charge in [-0.15, -0.1) is 11.8 Å². The average molecular weight is 319 g/mol. The van der Waals surface area contributed by atoms with Crippen molar-refractivity contribution in [2.45, 2.75) is 12.7 Å². The van der Waals surface area contributed by atoms with Crippen LogP contribution in [0.2, 0.25) is 0 Å².